The molecule has 110 valence electrons. The third-order valence-electron chi connectivity index (χ3n) is 3.04. The molecule has 2 aromatic carbocycles. The molecule has 21 heavy (non-hydrogen) atoms. The summed E-state index contributed by atoms with van der Waals surface area (Å²) in [6, 6.07) is 15.4. The maximum absolute atomic E-state index is 12.0. The molecule has 0 unspecified atom stereocenters. The van der Waals surface area contributed by atoms with Gasteiger partial charge in [-0.1, -0.05) is 32.0 Å². The lowest BCUT2D eigenvalue weighted by Crippen LogP contribution is -2.21. The first-order valence-electron chi connectivity index (χ1n) is 6.83. The molecule has 2 aromatic rings. The fourth-order valence-electron chi connectivity index (χ4n) is 1.98. The van der Waals surface area contributed by atoms with Crippen LogP contribution in [0.15, 0.2) is 48.5 Å². The zero-order chi connectivity index (χ0) is 15.2. The fraction of sp³-hybridized carbons (Fsp3) is 0.235. The molecule has 0 spiro atoms. The van der Waals surface area contributed by atoms with Crippen LogP contribution in [0.3, 0.4) is 0 Å². The van der Waals surface area contributed by atoms with Gasteiger partial charge in [-0.3, -0.25) is 4.79 Å². The molecule has 1 N–H and O–H groups in total. The predicted molar refractivity (Wildman–Crippen MR) is 93.8 cm³/mol. The molecule has 0 atom stereocenters. The number of nitrogens with one attached hydrogen (secondary N) is 1. The Hall–Kier alpha value is -1.56. The minimum atomic E-state index is -0.151. The molecule has 2 rings (SSSR count). The van der Waals surface area contributed by atoms with Crippen molar-refractivity contribution in [2.75, 3.05) is 11.9 Å². The van der Waals surface area contributed by atoms with Gasteiger partial charge in [-0.15, -0.1) is 0 Å². The largest absolute Gasteiger partial charge is 0.484 e. The van der Waals surface area contributed by atoms with Crippen LogP contribution in [0.1, 0.15) is 25.3 Å². The number of amides is 1. The first-order valence-corrected chi connectivity index (χ1v) is 7.91. The van der Waals surface area contributed by atoms with Crippen LogP contribution in [0, 0.1) is 3.57 Å². The molecule has 0 aliphatic carbocycles. The lowest BCUT2D eigenvalue weighted by molar-refractivity contribution is -0.118. The summed E-state index contributed by atoms with van der Waals surface area (Å²) < 4.78 is 6.61. The maximum atomic E-state index is 12.0. The van der Waals surface area contributed by atoms with Gasteiger partial charge in [0.15, 0.2) is 6.61 Å². The first kappa shape index (κ1) is 15.8. The van der Waals surface area contributed by atoms with Crippen LogP contribution < -0.4 is 10.1 Å². The summed E-state index contributed by atoms with van der Waals surface area (Å²) in [4.78, 5) is 12.0. The molecular formula is C17H18INO2. The minimum absolute atomic E-state index is 0.00697. The van der Waals surface area contributed by atoms with Crippen LogP contribution in [0.4, 0.5) is 5.69 Å². The van der Waals surface area contributed by atoms with E-state index in [0.29, 0.717) is 11.7 Å². The van der Waals surface area contributed by atoms with E-state index in [4.69, 9.17) is 4.74 Å². The number of para-hydroxylation sites is 1. The number of rotatable bonds is 5. The number of anilines is 1. The van der Waals surface area contributed by atoms with E-state index in [9.17, 15) is 4.79 Å². The van der Waals surface area contributed by atoms with E-state index in [-0.39, 0.29) is 12.5 Å². The van der Waals surface area contributed by atoms with Crippen molar-refractivity contribution < 1.29 is 9.53 Å². The van der Waals surface area contributed by atoms with Crippen molar-refractivity contribution in [3.63, 3.8) is 0 Å². The quantitative estimate of drug-likeness (QED) is 0.761. The molecule has 0 aromatic heterocycles. The highest BCUT2D eigenvalue weighted by Gasteiger charge is 2.09. The van der Waals surface area contributed by atoms with Gasteiger partial charge in [-0.2, -0.15) is 0 Å². The second-order valence-electron chi connectivity index (χ2n) is 5.03. The van der Waals surface area contributed by atoms with E-state index in [1.165, 1.54) is 0 Å². The van der Waals surface area contributed by atoms with E-state index in [1.54, 1.807) is 0 Å². The van der Waals surface area contributed by atoms with Gasteiger partial charge >= 0.3 is 0 Å². The highest BCUT2D eigenvalue weighted by molar-refractivity contribution is 14.1. The second-order valence-corrected chi connectivity index (χ2v) is 6.28. The molecule has 0 aliphatic rings. The van der Waals surface area contributed by atoms with E-state index in [2.05, 4.69) is 41.8 Å². The topological polar surface area (TPSA) is 38.3 Å². The van der Waals surface area contributed by atoms with Crippen molar-refractivity contribution >= 4 is 34.2 Å². The monoisotopic (exact) mass is 395 g/mol. The molecule has 0 saturated heterocycles. The van der Waals surface area contributed by atoms with Crippen LogP contribution in [0.2, 0.25) is 0 Å². The molecule has 0 heterocycles. The third kappa shape index (κ3) is 4.74. The van der Waals surface area contributed by atoms with Crippen molar-refractivity contribution in [3.8, 4) is 5.75 Å². The summed E-state index contributed by atoms with van der Waals surface area (Å²) >= 11 is 2.23. The number of hydrogen-bond donors (Lipinski definition) is 1. The Morgan fingerprint density at radius 1 is 1.14 bits per heavy atom. The Labute approximate surface area is 138 Å². The number of carbonyl (C=O) groups is 1. The molecule has 4 heteroatoms. The van der Waals surface area contributed by atoms with E-state index >= 15 is 0 Å². The zero-order valence-electron chi connectivity index (χ0n) is 12.1. The van der Waals surface area contributed by atoms with Gasteiger partial charge in [0, 0.05) is 9.26 Å². The van der Waals surface area contributed by atoms with Gasteiger partial charge in [-0.25, -0.2) is 0 Å². The van der Waals surface area contributed by atoms with E-state index in [1.807, 2.05) is 48.5 Å². The van der Waals surface area contributed by atoms with Crippen molar-refractivity contribution in [2.24, 2.45) is 0 Å². The Balaban J connectivity index is 1.94. The highest BCUT2D eigenvalue weighted by Crippen LogP contribution is 2.23. The summed E-state index contributed by atoms with van der Waals surface area (Å²) in [5.74, 6) is 0.906. The Bertz CT molecular complexity index is 608. The van der Waals surface area contributed by atoms with Gasteiger partial charge in [-0.05, 0) is 64.4 Å². The normalized spacial score (nSPS) is 10.5. The average Bonchev–Trinajstić information content (AvgIpc) is 2.47. The smallest absolute Gasteiger partial charge is 0.262 e. The van der Waals surface area contributed by atoms with Crippen LogP contribution in [0.5, 0.6) is 5.75 Å². The van der Waals surface area contributed by atoms with Gasteiger partial charge in [0.1, 0.15) is 5.75 Å². The second kappa shape index (κ2) is 7.45. The lowest BCUT2D eigenvalue weighted by Gasteiger charge is -2.14. The Morgan fingerprint density at radius 2 is 1.81 bits per heavy atom. The van der Waals surface area contributed by atoms with Gasteiger partial charge in [0.05, 0.1) is 0 Å². The van der Waals surface area contributed by atoms with Crippen LogP contribution in [-0.2, 0) is 4.79 Å². The van der Waals surface area contributed by atoms with Crippen LogP contribution in [0.25, 0.3) is 0 Å². The standard InChI is InChI=1S/C17H18INO2/c1-12(2)15-5-3-4-6-16(15)19-17(20)11-21-14-9-7-13(18)8-10-14/h3-10,12H,11H2,1-2H3,(H,19,20). The minimum Gasteiger partial charge on any atom is -0.484 e. The Kier molecular flexibility index (Phi) is 5.61. The molecule has 0 aliphatic heterocycles. The number of benzene rings is 2. The predicted octanol–water partition coefficient (Wildman–Crippen LogP) is 4.43. The number of halogens is 1. The van der Waals surface area contributed by atoms with Crippen molar-refractivity contribution in [1.82, 2.24) is 0 Å². The van der Waals surface area contributed by atoms with Gasteiger partial charge in [0.2, 0.25) is 0 Å². The summed E-state index contributed by atoms with van der Waals surface area (Å²) in [7, 11) is 0. The molecule has 1 amide bonds. The Morgan fingerprint density at radius 3 is 2.48 bits per heavy atom. The molecule has 3 nitrogen and oxygen atoms in total. The first-order chi connectivity index (χ1) is 10.1. The van der Waals surface area contributed by atoms with Gasteiger partial charge < -0.3 is 10.1 Å². The van der Waals surface area contributed by atoms with Crippen LogP contribution in [-0.4, -0.2) is 12.5 Å². The van der Waals surface area contributed by atoms with E-state index in [0.717, 1.165) is 14.8 Å². The fourth-order valence-corrected chi connectivity index (χ4v) is 2.34. The lowest BCUT2D eigenvalue weighted by atomic mass is 10.0. The van der Waals surface area contributed by atoms with Crippen molar-refractivity contribution in [3.05, 3.63) is 57.7 Å². The summed E-state index contributed by atoms with van der Waals surface area (Å²) in [6.07, 6.45) is 0. The average molecular weight is 395 g/mol. The van der Waals surface area contributed by atoms with Crippen molar-refractivity contribution in [1.29, 1.82) is 0 Å². The molecular weight excluding hydrogens is 377 g/mol. The molecule has 0 radical (unpaired) electrons. The number of carbonyl (C=O) groups excluding carboxylic acids is 1. The van der Waals surface area contributed by atoms with Crippen molar-refractivity contribution in [2.45, 2.75) is 19.8 Å². The highest BCUT2D eigenvalue weighted by atomic mass is 127. The third-order valence-corrected chi connectivity index (χ3v) is 3.76. The number of ether oxygens (including phenoxy) is 1. The number of hydrogen-bond acceptors (Lipinski definition) is 2. The van der Waals surface area contributed by atoms with Gasteiger partial charge in [0.25, 0.3) is 5.91 Å². The SMILES string of the molecule is CC(C)c1ccccc1NC(=O)COc1ccc(I)cc1. The molecule has 0 saturated carbocycles. The zero-order valence-corrected chi connectivity index (χ0v) is 14.3. The van der Waals surface area contributed by atoms with Crippen LogP contribution >= 0.6 is 22.6 Å². The molecule has 0 fully saturated rings. The summed E-state index contributed by atoms with van der Waals surface area (Å²) in [5, 5.41) is 2.91. The summed E-state index contributed by atoms with van der Waals surface area (Å²) in [6.45, 7) is 4.22. The van der Waals surface area contributed by atoms with E-state index < -0.39 is 0 Å². The summed E-state index contributed by atoms with van der Waals surface area (Å²) in [5.41, 5.74) is 1.98. The molecule has 0 bridgehead atoms. The maximum Gasteiger partial charge on any atom is 0.262 e.